The Labute approximate surface area is 75.8 Å². The molecule has 0 aliphatic rings. The SMILES string of the molecule is CCC(=O)N/C(N)=N\C(N)=O.Cl. The smallest absolute Gasteiger partial charge is 0.341 e. The minimum absolute atomic E-state index is 0. The predicted octanol–water partition coefficient (Wildman–Crippen LogP) is -0.672. The minimum atomic E-state index is -0.932. The third kappa shape index (κ3) is 6.81. The number of hydrogen-bond acceptors (Lipinski definition) is 2. The molecule has 0 bridgehead atoms. The van der Waals surface area contributed by atoms with E-state index in [0.29, 0.717) is 0 Å². The Morgan fingerprint density at radius 2 is 1.92 bits per heavy atom. The summed E-state index contributed by atoms with van der Waals surface area (Å²) in [4.78, 5) is 23.7. The molecule has 0 fully saturated rings. The molecule has 0 unspecified atom stereocenters. The number of nitrogens with zero attached hydrogens (tertiary/aromatic N) is 1. The van der Waals surface area contributed by atoms with Crippen molar-refractivity contribution in [2.45, 2.75) is 13.3 Å². The van der Waals surface area contributed by atoms with Gasteiger partial charge in [-0.1, -0.05) is 6.92 Å². The molecule has 0 heterocycles. The molecule has 0 atom stereocenters. The Balaban J connectivity index is 0. The van der Waals surface area contributed by atoms with Crippen molar-refractivity contribution in [1.82, 2.24) is 5.32 Å². The highest BCUT2D eigenvalue weighted by Crippen LogP contribution is 1.74. The van der Waals surface area contributed by atoms with Crippen LogP contribution < -0.4 is 16.8 Å². The number of nitrogens with one attached hydrogen (secondary N) is 1. The van der Waals surface area contributed by atoms with Crippen LogP contribution in [0.3, 0.4) is 0 Å². The molecule has 70 valence electrons. The first-order valence-corrected chi connectivity index (χ1v) is 2.99. The zero-order chi connectivity index (χ0) is 8.85. The fourth-order valence-electron chi connectivity index (χ4n) is 0.378. The molecule has 0 aromatic heterocycles. The highest BCUT2D eigenvalue weighted by Gasteiger charge is 1.99. The third-order valence-electron chi connectivity index (χ3n) is 0.819. The van der Waals surface area contributed by atoms with Crippen LogP contribution in [0.1, 0.15) is 13.3 Å². The van der Waals surface area contributed by atoms with Gasteiger partial charge in [0.25, 0.3) is 0 Å². The van der Waals surface area contributed by atoms with Crippen molar-refractivity contribution in [3.63, 3.8) is 0 Å². The number of carbonyl (C=O) groups is 2. The van der Waals surface area contributed by atoms with Crippen molar-refractivity contribution in [2.24, 2.45) is 16.5 Å². The summed E-state index contributed by atoms with van der Waals surface area (Å²) in [6.45, 7) is 1.65. The first-order valence-electron chi connectivity index (χ1n) is 2.99. The van der Waals surface area contributed by atoms with Crippen LogP contribution in [-0.2, 0) is 4.79 Å². The van der Waals surface area contributed by atoms with E-state index >= 15 is 0 Å². The molecule has 5 N–H and O–H groups in total. The molecule has 0 aliphatic heterocycles. The van der Waals surface area contributed by atoms with E-state index in [1.165, 1.54) is 0 Å². The van der Waals surface area contributed by atoms with Gasteiger partial charge in [-0.2, -0.15) is 4.99 Å². The van der Waals surface area contributed by atoms with Crippen molar-refractivity contribution >= 4 is 30.3 Å². The number of urea groups is 1. The van der Waals surface area contributed by atoms with Gasteiger partial charge in [0.05, 0.1) is 0 Å². The van der Waals surface area contributed by atoms with Crippen LogP contribution >= 0.6 is 12.4 Å². The van der Waals surface area contributed by atoms with Crippen LogP contribution in [0.25, 0.3) is 0 Å². The van der Waals surface area contributed by atoms with E-state index in [9.17, 15) is 9.59 Å². The van der Waals surface area contributed by atoms with E-state index in [1.807, 2.05) is 0 Å². The molecule has 6 nitrogen and oxygen atoms in total. The van der Waals surface area contributed by atoms with Gasteiger partial charge in [-0.3, -0.25) is 10.1 Å². The average Bonchev–Trinajstić information content (AvgIpc) is 1.85. The lowest BCUT2D eigenvalue weighted by atomic mass is 10.5. The maximum atomic E-state index is 10.6. The molecule has 0 radical (unpaired) electrons. The lowest BCUT2D eigenvalue weighted by Gasteiger charge is -1.98. The first-order chi connectivity index (χ1) is 5.06. The summed E-state index contributed by atoms with van der Waals surface area (Å²) in [6, 6.07) is -0.932. The maximum Gasteiger partial charge on any atom is 0.341 e. The second-order valence-corrected chi connectivity index (χ2v) is 1.74. The minimum Gasteiger partial charge on any atom is -0.369 e. The number of carbonyl (C=O) groups excluding carboxylic acids is 2. The molecule has 0 aromatic carbocycles. The molecule has 0 saturated carbocycles. The van der Waals surface area contributed by atoms with Gasteiger partial charge in [0.15, 0.2) is 0 Å². The summed E-state index contributed by atoms with van der Waals surface area (Å²) in [5, 5.41) is 2.15. The Hall–Kier alpha value is -1.30. The van der Waals surface area contributed by atoms with Crippen LogP contribution in [0.15, 0.2) is 4.99 Å². The fraction of sp³-hybridized carbons (Fsp3) is 0.400. The highest BCUT2D eigenvalue weighted by atomic mass is 35.5. The van der Waals surface area contributed by atoms with Crippen LogP contribution in [0.2, 0.25) is 0 Å². The summed E-state index contributed by atoms with van der Waals surface area (Å²) < 4.78 is 0. The molecule has 0 aromatic rings. The van der Waals surface area contributed by atoms with Gasteiger partial charge >= 0.3 is 6.03 Å². The number of amides is 3. The molecule has 0 spiro atoms. The van der Waals surface area contributed by atoms with Crippen molar-refractivity contribution in [3.05, 3.63) is 0 Å². The molecule has 0 saturated heterocycles. The molecule has 0 aliphatic carbocycles. The summed E-state index contributed by atoms with van der Waals surface area (Å²) in [5.41, 5.74) is 9.72. The molecule has 7 heteroatoms. The molecular weight excluding hydrogens is 184 g/mol. The molecular formula is C5H11ClN4O2. The zero-order valence-electron chi connectivity index (χ0n) is 6.53. The normalized spacial score (nSPS) is 9.92. The topological polar surface area (TPSA) is 111 Å². The predicted molar refractivity (Wildman–Crippen MR) is 46.9 cm³/mol. The van der Waals surface area contributed by atoms with Crippen molar-refractivity contribution in [3.8, 4) is 0 Å². The quantitative estimate of drug-likeness (QED) is 0.380. The van der Waals surface area contributed by atoms with Gasteiger partial charge in [-0.05, 0) is 0 Å². The monoisotopic (exact) mass is 194 g/mol. The summed E-state index contributed by atoms with van der Waals surface area (Å²) in [7, 11) is 0. The molecule has 12 heavy (non-hydrogen) atoms. The summed E-state index contributed by atoms with van der Waals surface area (Å²) in [6.07, 6.45) is 0.273. The van der Waals surface area contributed by atoms with E-state index in [1.54, 1.807) is 6.92 Å². The van der Waals surface area contributed by atoms with Crippen LogP contribution in [-0.4, -0.2) is 17.9 Å². The van der Waals surface area contributed by atoms with Gasteiger partial charge in [-0.25, -0.2) is 4.79 Å². The number of hydrogen-bond donors (Lipinski definition) is 3. The van der Waals surface area contributed by atoms with E-state index in [0.717, 1.165) is 0 Å². The highest BCUT2D eigenvalue weighted by molar-refractivity contribution is 6.00. The number of guanidine groups is 1. The van der Waals surface area contributed by atoms with Gasteiger partial charge in [0, 0.05) is 6.42 Å². The zero-order valence-corrected chi connectivity index (χ0v) is 7.35. The lowest BCUT2D eigenvalue weighted by molar-refractivity contribution is -0.119. The lowest BCUT2D eigenvalue weighted by Crippen LogP contribution is -2.37. The van der Waals surface area contributed by atoms with Gasteiger partial charge in [-0.15, -0.1) is 12.4 Å². The van der Waals surface area contributed by atoms with Crippen LogP contribution in [0.4, 0.5) is 4.79 Å². The van der Waals surface area contributed by atoms with Crippen molar-refractivity contribution in [2.75, 3.05) is 0 Å². The Kier molecular flexibility index (Phi) is 7.11. The van der Waals surface area contributed by atoms with E-state index < -0.39 is 6.03 Å². The number of halogens is 1. The maximum absolute atomic E-state index is 10.6. The summed E-state index contributed by atoms with van der Waals surface area (Å²) in [5.74, 6) is -0.586. The number of rotatable bonds is 1. The van der Waals surface area contributed by atoms with Gasteiger partial charge in [0.2, 0.25) is 11.9 Å². The van der Waals surface area contributed by atoms with Crippen molar-refractivity contribution < 1.29 is 9.59 Å². The summed E-state index contributed by atoms with van der Waals surface area (Å²) >= 11 is 0. The van der Waals surface area contributed by atoms with Crippen molar-refractivity contribution in [1.29, 1.82) is 0 Å². The Morgan fingerprint density at radius 1 is 1.42 bits per heavy atom. The largest absolute Gasteiger partial charge is 0.369 e. The third-order valence-corrected chi connectivity index (χ3v) is 0.819. The van der Waals surface area contributed by atoms with E-state index in [2.05, 4.69) is 16.0 Å². The molecule has 3 amide bonds. The fourth-order valence-corrected chi connectivity index (χ4v) is 0.378. The second kappa shape index (κ2) is 6.41. The van der Waals surface area contributed by atoms with Gasteiger partial charge < -0.3 is 11.5 Å². The average molecular weight is 195 g/mol. The molecule has 0 rings (SSSR count). The van der Waals surface area contributed by atoms with E-state index in [-0.39, 0.29) is 30.7 Å². The Morgan fingerprint density at radius 3 is 2.25 bits per heavy atom. The number of aliphatic imine (C=N–C) groups is 1. The Bertz CT molecular complexity index is 204. The van der Waals surface area contributed by atoms with Crippen LogP contribution in [0.5, 0.6) is 0 Å². The standard InChI is InChI=1S/C5H10N4O2.ClH/c1-2-3(10)8-4(6)9-5(7)11;/h2H2,1H3,(H5,6,7,8,9,10,11);1H. The first kappa shape index (κ1) is 13.3. The van der Waals surface area contributed by atoms with Gasteiger partial charge in [0.1, 0.15) is 0 Å². The number of primary amides is 1. The van der Waals surface area contributed by atoms with Crippen LogP contribution in [0, 0.1) is 0 Å². The number of nitrogens with two attached hydrogens (primary N) is 2. The second-order valence-electron chi connectivity index (χ2n) is 1.74. The van der Waals surface area contributed by atoms with E-state index in [4.69, 9.17) is 5.73 Å².